The van der Waals surface area contributed by atoms with E-state index in [1.54, 1.807) is 35.0 Å². The summed E-state index contributed by atoms with van der Waals surface area (Å²) in [5, 5.41) is 0. The number of hydrogen-bond acceptors (Lipinski definition) is 3. The van der Waals surface area contributed by atoms with Gasteiger partial charge in [-0.2, -0.15) is 0 Å². The fourth-order valence-electron chi connectivity index (χ4n) is 5.68. The Labute approximate surface area is 205 Å². The van der Waals surface area contributed by atoms with E-state index in [0.717, 1.165) is 30.9 Å². The molecule has 1 spiro atoms. The SMILES string of the molecule is CC(F)S(=O)(=O)NC1C2Cc3cccc(c3F)-c3ccccc3CCCN(C)C(=O)N2CC12CC2. The Morgan fingerprint density at radius 1 is 1.09 bits per heavy atom. The van der Waals surface area contributed by atoms with Gasteiger partial charge in [0.25, 0.3) is 0 Å². The molecule has 2 bridgehead atoms. The molecule has 1 saturated carbocycles. The van der Waals surface area contributed by atoms with Crippen molar-refractivity contribution in [3.63, 3.8) is 0 Å². The second kappa shape index (κ2) is 8.85. The first-order valence-corrected chi connectivity index (χ1v) is 13.7. The number of urea groups is 1. The van der Waals surface area contributed by atoms with E-state index in [-0.39, 0.29) is 18.3 Å². The molecule has 6 nitrogen and oxygen atoms in total. The van der Waals surface area contributed by atoms with E-state index in [2.05, 4.69) is 4.72 Å². The largest absolute Gasteiger partial charge is 0.328 e. The van der Waals surface area contributed by atoms with Crippen molar-refractivity contribution in [3.05, 3.63) is 59.4 Å². The van der Waals surface area contributed by atoms with Crippen LogP contribution in [-0.2, 0) is 22.9 Å². The number of carbonyl (C=O) groups is 1. The Bertz CT molecular complexity index is 1250. The van der Waals surface area contributed by atoms with Crippen molar-refractivity contribution in [2.45, 2.75) is 56.6 Å². The zero-order valence-corrected chi connectivity index (χ0v) is 20.8. The smallest absolute Gasteiger partial charge is 0.320 e. The molecule has 2 aromatic carbocycles. The van der Waals surface area contributed by atoms with Gasteiger partial charge in [-0.3, -0.25) is 0 Å². The first-order valence-electron chi connectivity index (χ1n) is 12.2. The highest BCUT2D eigenvalue weighted by Gasteiger charge is 2.62. The molecule has 2 aromatic rings. The molecular weight excluding hydrogens is 472 g/mol. The predicted octanol–water partition coefficient (Wildman–Crippen LogP) is 4.10. The third-order valence-corrected chi connectivity index (χ3v) is 9.31. The molecule has 3 atom stereocenters. The van der Waals surface area contributed by atoms with Crippen LogP contribution in [0.15, 0.2) is 42.5 Å². The van der Waals surface area contributed by atoms with Crippen LogP contribution in [0.5, 0.6) is 0 Å². The summed E-state index contributed by atoms with van der Waals surface area (Å²) < 4.78 is 57.6. The zero-order chi connectivity index (χ0) is 25.0. The molecule has 2 amide bonds. The number of halogens is 2. The van der Waals surface area contributed by atoms with Gasteiger partial charge in [0, 0.05) is 37.2 Å². The summed E-state index contributed by atoms with van der Waals surface area (Å²) in [5.74, 6) is -0.364. The van der Waals surface area contributed by atoms with Crippen LogP contribution in [0, 0.1) is 11.2 Å². The van der Waals surface area contributed by atoms with Crippen LogP contribution in [-0.4, -0.2) is 62.0 Å². The molecule has 188 valence electrons. The zero-order valence-electron chi connectivity index (χ0n) is 20.0. The van der Waals surface area contributed by atoms with Crippen LogP contribution in [0.1, 0.15) is 37.3 Å². The standard InChI is InChI=1S/C26H31F2N3O3S/c1-17(27)35(33,34)29-24-22-15-19-8-5-11-21(23(19)28)20-10-4-3-7-18(20)9-6-14-30(2)25(32)31(22)16-26(24)12-13-26/h3-5,7-8,10-11,17,22,24,29H,6,9,12-16H2,1-2H3. The van der Waals surface area contributed by atoms with Crippen molar-refractivity contribution >= 4 is 16.1 Å². The molecule has 3 aliphatic rings. The number of carbonyl (C=O) groups excluding carboxylic acids is 1. The number of amides is 2. The molecule has 0 aromatic heterocycles. The minimum absolute atomic E-state index is 0.136. The van der Waals surface area contributed by atoms with E-state index in [1.807, 2.05) is 24.3 Å². The lowest BCUT2D eigenvalue weighted by molar-refractivity contribution is 0.153. The summed E-state index contributed by atoms with van der Waals surface area (Å²) in [4.78, 5) is 16.9. The summed E-state index contributed by atoms with van der Waals surface area (Å²) >= 11 is 0. The van der Waals surface area contributed by atoms with Crippen molar-refractivity contribution in [1.29, 1.82) is 0 Å². The van der Waals surface area contributed by atoms with Crippen molar-refractivity contribution < 1.29 is 22.0 Å². The molecule has 2 aliphatic heterocycles. The van der Waals surface area contributed by atoms with E-state index < -0.39 is 33.0 Å². The van der Waals surface area contributed by atoms with Gasteiger partial charge in [-0.05, 0) is 55.7 Å². The van der Waals surface area contributed by atoms with E-state index in [0.29, 0.717) is 37.1 Å². The third-order valence-electron chi connectivity index (χ3n) is 7.87. The summed E-state index contributed by atoms with van der Waals surface area (Å²) in [6.07, 6.45) is 3.01. The molecule has 9 heteroatoms. The number of rotatable bonds is 3. The maximum atomic E-state index is 15.9. The first kappa shape index (κ1) is 24.2. The van der Waals surface area contributed by atoms with Gasteiger partial charge in [-0.25, -0.2) is 26.7 Å². The van der Waals surface area contributed by atoms with Gasteiger partial charge in [0.2, 0.25) is 15.5 Å². The van der Waals surface area contributed by atoms with Crippen LogP contribution >= 0.6 is 0 Å². The predicted molar refractivity (Wildman–Crippen MR) is 130 cm³/mol. The van der Waals surface area contributed by atoms with Gasteiger partial charge in [0.05, 0.1) is 6.04 Å². The lowest BCUT2D eigenvalue weighted by Crippen LogP contribution is -2.52. The number of sulfonamides is 1. The van der Waals surface area contributed by atoms with Crippen LogP contribution in [0.4, 0.5) is 13.6 Å². The van der Waals surface area contributed by atoms with Crippen molar-refractivity contribution in [3.8, 4) is 11.1 Å². The number of hydrogen-bond donors (Lipinski definition) is 1. The third kappa shape index (κ3) is 4.33. The van der Waals surface area contributed by atoms with E-state index in [9.17, 15) is 17.6 Å². The topological polar surface area (TPSA) is 69.7 Å². The highest BCUT2D eigenvalue weighted by Crippen LogP contribution is 2.56. The van der Waals surface area contributed by atoms with Crippen LogP contribution < -0.4 is 4.72 Å². The summed E-state index contributed by atoms with van der Waals surface area (Å²) in [5.41, 5.74) is 0.224. The van der Waals surface area contributed by atoms with Crippen LogP contribution in [0.25, 0.3) is 11.1 Å². The summed E-state index contributed by atoms with van der Waals surface area (Å²) in [7, 11) is -2.49. The average molecular weight is 504 g/mol. The molecule has 35 heavy (non-hydrogen) atoms. The molecule has 2 fully saturated rings. The molecule has 2 heterocycles. The Kier molecular flexibility index (Phi) is 6.12. The van der Waals surface area contributed by atoms with Crippen LogP contribution in [0.2, 0.25) is 0 Å². The highest BCUT2D eigenvalue weighted by molar-refractivity contribution is 7.89. The van der Waals surface area contributed by atoms with Crippen molar-refractivity contribution in [1.82, 2.24) is 14.5 Å². The normalized spacial score (nSPS) is 24.7. The number of aryl methyl sites for hydroxylation is 1. The number of fused-ring (bicyclic) bond motifs is 5. The summed E-state index contributed by atoms with van der Waals surface area (Å²) in [6.45, 7) is 1.87. The molecule has 3 unspecified atom stereocenters. The molecule has 1 saturated heterocycles. The maximum absolute atomic E-state index is 15.9. The van der Waals surface area contributed by atoms with Crippen LogP contribution in [0.3, 0.4) is 0 Å². The summed E-state index contributed by atoms with van der Waals surface area (Å²) in [6, 6.07) is 11.5. The Morgan fingerprint density at radius 3 is 2.49 bits per heavy atom. The van der Waals surface area contributed by atoms with Gasteiger partial charge in [0.1, 0.15) is 5.82 Å². The first-order chi connectivity index (χ1) is 16.6. The Morgan fingerprint density at radius 2 is 1.77 bits per heavy atom. The number of benzene rings is 2. The average Bonchev–Trinajstić information content (AvgIpc) is 3.55. The van der Waals surface area contributed by atoms with E-state index in [4.69, 9.17) is 0 Å². The second-order valence-electron chi connectivity index (χ2n) is 10.2. The van der Waals surface area contributed by atoms with E-state index >= 15 is 4.39 Å². The molecular formula is C26H31F2N3O3S. The molecule has 5 rings (SSSR count). The molecule has 0 radical (unpaired) electrons. The Balaban J connectivity index is 1.61. The quantitative estimate of drug-likeness (QED) is 0.686. The number of nitrogens with one attached hydrogen (secondary N) is 1. The van der Waals surface area contributed by atoms with Crippen molar-refractivity contribution in [2.75, 3.05) is 20.1 Å². The number of nitrogens with zero attached hydrogens (tertiary/aromatic N) is 2. The highest BCUT2D eigenvalue weighted by atomic mass is 32.2. The van der Waals surface area contributed by atoms with Gasteiger partial charge >= 0.3 is 6.03 Å². The Hall–Kier alpha value is -2.52. The maximum Gasteiger partial charge on any atom is 0.320 e. The van der Waals surface area contributed by atoms with Gasteiger partial charge in [-0.1, -0.05) is 42.5 Å². The minimum Gasteiger partial charge on any atom is -0.328 e. The lowest BCUT2D eigenvalue weighted by atomic mass is 9.90. The van der Waals surface area contributed by atoms with Gasteiger partial charge in [0.15, 0.2) is 0 Å². The lowest BCUT2D eigenvalue weighted by Gasteiger charge is -2.32. The second-order valence-corrected chi connectivity index (χ2v) is 12.2. The fraction of sp³-hybridized carbons (Fsp3) is 0.500. The van der Waals surface area contributed by atoms with Gasteiger partial charge < -0.3 is 9.80 Å². The fourth-order valence-corrected chi connectivity index (χ4v) is 6.63. The van der Waals surface area contributed by atoms with E-state index in [1.165, 1.54) is 0 Å². The van der Waals surface area contributed by atoms with Crippen molar-refractivity contribution in [2.24, 2.45) is 5.41 Å². The molecule has 1 aliphatic carbocycles. The molecule has 1 N–H and O–H groups in total. The number of alkyl halides is 1. The monoisotopic (exact) mass is 503 g/mol. The van der Waals surface area contributed by atoms with Gasteiger partial charge in [-0.15, -0.1) is 0 Å². The minimum atomic E-state index is -4.23.